The van der Waals surface area contributed by atoms with E-state index in [2.05, 4.69) is 5.32 Å². The molecule has 2 aromatic rings. The van der Waals surface area contributed by atoms with E-state index in [9.17, 15) is 4.79 Å². The summed E-state index contributed by atoms with van der Waals surface area (Å²) in [5.41, 5.74) is 3.88. The van der Waals surface area contributed by atoms with Crippen LogP contribution in [0.4, 0.5) is 22.7 Å². The summed E-state index contributed by atoms with van der Waals surface area (Å²) >= 11 is 0. The molecule has 102 valence electrons. The lowest BCUT2D eigenvalue weighted by atomic mass is 10.1. The van der Waals surface area contributed by atoms with Crippen LogP contribution in [0, 0.1) is 0 Å². The number of benzene rings is 2. The van der Waals surface area contributed by atoms with Crippen LogP contribution in [0.5, 0.6) is 0 Å². The third-order valence-corrected chi connectivity index (χ3v) is 3.55. The number of hydrogen-bond donors (Lipinski definition) is 1. The lowest BCUT2D eigenvalue weighted by Crippen LogP contribution is -2.41. The van der Waals surface area contributed by atoms with Gasteiger partial charge in [0, 0.05) is 19.8 Å². The number of anilines is 4. The molecule has 0 unspecified atom stereocenters. The maximum absolute atomic E-state index is 12.4. The predicted molar refractivity (Wildman–Crippen MR) is 82.8 cm³/mol. The molecule has 1 aliphatic rings. The molecule has 3 rings (SSSR count). The highest BCUT2D eigenvalue weighted by molar-refractivity contribution is 6.08. The van der Waals surface area contributed by atoms with Gasteiger partial charge in [-0.1, -0.05) is 18.2 Å². The Balaban J connectivity index is 2.12. The van der Waals surface area contributed by atoms with Crippen LogP contribution in [0.15, 0.2) is 48.5 Å². The molecule has 20 heavy (non-hydrogen) atoms. The Labute approximate surface area is 118 Å². The second-order valence-corrected chi connectivity index (χ2v) is 4.87. The highest BCUT2D eigenvalue weighted by Crippen LogP contribution is 2.37. The van der Waals surface area contributed by atoms with Gasteiger partial charge in [-0.25, -0.2) is 0 Å². The zero-order valence-electron chi connectivity index (χ0n) is 11.6. The van der Waals surface area contributed by atoms with E-state index in [0.717, 1.165) is 22.7 Å². The van der Waals surface area contributed by atoms with Gasteiger partial charge in [-0.3, -0.25) is 9.69 Å². The van der Waals surface area contributed by atoms with Gasteiger partial charge < -0.3 is 10.2 Å². The Kier molecular flexibility index (Phi) is 3.06. The summed E-state index contributed by atoms with van der Waals surface area (Å²) in [6.07, 6.45) is 0. The molecule has 4 nitrogen and oxygen atoms in total. The number of para-hydroxylation sites is 2. The van der Waals surface area contributed by atoms with E-state index in [1.165, 1.54) is 0 Å². The quantitative estimate of drug-likeness (QED) is 0.908. The number of rotatable bonds is 2. The molecule has 0 radical (unpaired) electrons. The maximum atomic E-state index is 12.4. The van der Waals surface area contributed by atoms with Gasteiger partial charge in [0.05, 0.1) is 23.6 Å². The second kappa shape index (κ2) is 4.89. The normalized spacial score (nSPS) is 14.2. The number of carbonyl (C=O) groups is 1. The second-order valence-electron chi connectivity index (χ2n) is 4.87. The van der Waals surface area contributed by atoms with E-state index in [-0.39, 0.29) is 5.91 Å². The maximum Gasteiger partial charge on any atom is 0.251 e. The van der Waals surface area contributed by atoms with Crippen LogP contribution in [0.2, 0.25) is 0 Å². The number of hydrogen-bond acceptors (Lipinski definition) is 3. The number of carbonyl (C=O) groups excluding carboxylic acids is 1. The van der Waals surface area contributed by atoms with Crippen molar-refractivity contribution in [3.8, 4) is 0 Å². The first kappa shape index (κ1) is 12.5. The summed E-state index contributed by atoms with van der Waals surface area (Å²) in [7, 11) is 3.82. The first-order chi connectivity index (χ1) is 9.70. The standard InChI is InChI=1S/C16H17N3O/c1-17-12-6-5-7-13(10-12)19-15-9-4-3-8-14(15)18(2)11-16(19)20/h3-10,17H,11H2,1-2H3. The van der Waals surface area contributed by atoms with Gasteiger partial charge in [0.15, 0.2) is 0 Å². The van der Waals surface area contributed by atoms with Crippen molar-refractivity contribution < 1.29 is 4.79 Å². The lowest BCUT2D eigenvalue weighted by molar-refractivity contribution is -0.116. The number of nitrogens with one attached hydrogen (secondary N) is 1. The Morgan fingerprint density at radius 2 is 1.80 bits per heavy atom. The summed E-state index contributed by atoms with van der Waals surface area (Å²) in [4.78, 5) is 16.2. The van der Waals surface area contributed by atoms with Crippen LogP contribution in [-0.2, 0) is 4.79 Å². The predicted octanol–water partition coefficient (Wildman–Crippen LogP) is 2.84. The van der Waals surface area contributed by atoms with E-state index >= 15 is 0 Å². The zero-order chi connectivity index (χ0) is 14.1. The molecule has 0 saturated carbocycles. The van der Waals surface area contributed by atoms with Crippen molar-refractivity contribution in [3.63, 3.8) is 0 Å². The van der Waals surface area contributed by atoms with Crippen molar-refractivity contribution in [1.29, 1.82) is 0 Å². The smallest absolute Gasteiger partial charge is 0.251 e. The van der Waals surface area contributed by atoms with Gasteiger partial charge in [0.2, 0.25) is 0 Å². The molecule has 2 aromatic carbocycles. The fourth-order valence-electron chi connectivity index (χ4n) is 2.55. The molecule has 0 bridgehead atoms. The van der Waals surface area contributed by atoms with Crippen LogP contribution < -0.4 is 15.1 Å². The molecule has 0 atom stereocenters. The summed E-state index contributed by atoms with van der Waals surface area (Å²) in [6, 6.07) is 15.9. The van der Waals surface area contributed by atoms with Gasteiger partial charge >= 0.3 is 0 Å². The van der Waals surface area contributed by atoms with E-state index < -0.39 is 0 Å². The van der Waals surface area contributed by atoms with Gasteiger partial charge in [-0.15, -0.1) is 0 Å². The summed E-state index contributed by atoms with van der Waals surface area (Å²) in [6.45, 7) is 0.390. The molecule has 1 aliphatic heterocycles. The van der Waals surface area contributed by atoms with Crippen molar-refractivity contribution >= 4 is 28.7 Å². The third-order valence-electron chi connectivity index (χ3n) is 3.55. The molecule has 4 heteroatoms. The average Bonchev–Trinajstić information content (AvgIpc) is 2.47. The average molecular weight is 267 g/mol. The molecule has 0 saturated heterocycles. The van der Waals surface area contributed by atoms with Crippen molar-refractivity contribution in [1.82, 2.24) is 0 Å². The number of fused-ring (bicyclic) bond motifs is 1. The fourth-order valence-corrected chi connectivity index (χ4v) is 2.55. The van der Waals surface area contributed by atoms with E-state index in [0.29, 0.717) is 6.54 Å². The van der Waals surface area contributed by atoms with Crippen LogP contribution >= 0.6 is 0 Å². The molecule has 0 spiro atoms. The van der Waals surface area contributed by atoms with E-state index in [1.807, 2.05) is 67.5 Å². The van der Waals surface area contributed by atoms with Gasteiger partial charge in [0.1, 0.15) is 0 Å². The Hall–Kier alpha value is -2.49. The first-order valence-corrected chi connectivity index (χ1v) is 6.61. The van der Waals surface area contributed by atoms with E-state index in [1.54, 1.807) is 4.90 Å². The van der Waals surface area contributed by atoms with Gasteiger partial charge in [-0.2, -0.15) is 0 Å². The summed E-state index contributed by atoms with van der Waals surface area (Å²) in [5, 5.41) is 3.11. The summed E-state index contributed by atoms with van der Waals surface area (Å²) in [5.74, 6) is 0.0828. The third kappa shape index (κ3) is 1.99. The van der Waals surface area contributed by atoms with Crippen LogP contribution in [-0.4, -0.2) is 26.5 Å². The largest absolute Gasteiger partial charge is 0.388 e. The number of likely N-dealkylation sites (N-methyl/N-ethyl adjacent to an activating group) is 1. The molecule has 0 aromatic heterocycles. The highest BCUT2D eigenvalue weighted by Gasteiger charge is 2.28. The van der Waals surface area contributed by atoms with Crippen LogP contribution in [0.25, 0.3) is 0 Å². The Morgan fingerprint density at radius 3 is 2.55 bits per heavy atom. The molecule has 0 fully saturated rings. The van der Waals surface area contributed by atoms with Crippen LogP contribution in [0.1, 0.15) is 0 Å². The minimum atomic E-state index is 0.0828. The monoisotopic (exact) mass is 267 g/mol. The van der Waals surface area contributed by atoms with Crippen molar-refractivity contribution in [2.75, 3.05) is 35.8 Å². The van der Waals surface area contributed by atoms with E-state index in [4.69, 9.17) is 0 Å². The number of nitrogens with zero attached hydrogens (tertiary/aromatic N) is 2. The van der Waals surface area contributed by atoms with Gasteiger partial charge in [-0.05, 0) is 30.3 Å². The first-order valence-electron chi connectivity index (χ1n) is 6.61. The lowest BCUT2D eigenvalue weighted by Gasteiger charge is -2.35. The molecule has 1 amide bonds. The Morgan fingerprint density at radius 1 is 1.05 bits per heavy atom. The molecular weight excluding hydrogens is 250 g/mol. The molecule has 0 aliphatic carbocycles. The molecule has 1 N–H and O–H groups in total. The zero-order valence-corrected chi connectivity index (χ0v) is 11.6. The Bertz CT molecular complexity index is 654. The topological polar surface area (TPSA) is 35.6 Å². The minimum absolute atomic E-state index is 0.0828. The van der Waals surface area contributed by atoms with Crippen molar-refractivity contribution in [2.24, 2.45) is 0 Å². The summed E-state index contributed by atoms with van der Waals surface area (Å²) < 4.78 is 0. The van der Waals surface area contributed by atoms with Crippen molar-refractivity contribution in [2.45, 2.75) is 0 Å². The SMILES string of the molecule is CNc1cccc(N2C(=O)CN(C)c3ccccc32)c1. The molecule has 1 heterocycles. The van der Waals surface area contributed by atoms with Crippen molar-refractivity contribution in [3.05, 3.63) is 48.5 Å². The minimum Gasteiger partial charge on any atom is -0.388 e. The highest BCUT2D eigenvalue weighted by atomic mass is 16.2. The molecular formula is C16H17N3O. The van der Waals surface area contributed by atoms with Crippen LogP contribution in [0.3, 0.4) is 0 Å². The fraction of sp³-hybridized carbons (Fsp3) is 0.188. The van der Waals surface area contributed by atoms with Gasteiger partial charge in [0.25, 0.3) is 5.91 Å². The number of amides is 1.